The second kappa shape index (κ2) is 19.0. The summed E-state index contributed by atoms with van der Waals surface area (Å²) in [5, 5.41) is 16.7. The molecular weight excluding hydrogens is 371 g/mol. The SMILES string of the molecule is O=C([O-])[O-].O=P([O-])([O-])O.O=S(=O)([O-])[O-].[Ca+2].[Ca+2].[Ca+2]. The van der Waals surface area contributed by atoms with Gasteiger partial charge in [0, 0.05) is 10.4 Å². The van der Waals surface area contributed by atoms with E-state index in [-0.39, 0.29) is 113 Å². The van der Waals surface area contributed by atoms with E-state index in [1.54, 1.807) is 0 Å². The van der Waals surface area contributed by atoms with E-state index in [0.717, 1.165) is 0 Å². The molecule has 0 rings (SSSR count). The second-order valence-electron chi connectivity index (χ2n) is 1.13. The van der Waals surface area contributed by atoms with Gasteiger partial charge in [-0.25, -0.2) is 0 Å². The summed E-state index contributed by atoms with van der Waals surface area (Å²) in [5.41, 5.74) is 0. The van der Waals surface area contributed by atoms with Crippen LogP contribution in [0.2, 0.25) is 0 Å². The van der Waals surface area contributed by atoms with Crippen LogP contribution in [0, 0.1) is 0 Å². The maximum absolute atomic E-state index is 8.66. The first-order chi connectivity index (χ1) is 5.73. The van der Waals surface area contributed by atoms with Crippen molar-refractivity contribution in [3.8, 4) is 0 Å². The number of carbonyl (C=O) groups excluding carboxylic acids is 1. The third-order valence-corrected chi connectivity index (χ3v) is 0. The molecule has 0 amide bonds. The van der Waals surface area contributed by atoms with Crippen molar-refractivity contribution < 1.29 is 51.8 Å². The maximum Gasteiger partial charge on any atom is 2.00 e. The van der Waals surface area contributed by atoms with E-state index >= 15 is 0 Å². The fraction of sp³-hybridized carbons (Fsp3) is 0. The third kappa shape index (κ3) is 601. The molecular formula is CHCa3O11PS. The zero-order chi connectivity index (χ0) is 12.6. The summed E-state index contributed by atoms with van der Waals surface area (Å²) in [6.45, 7) is 0. The van der Waals surface area contributed by atoms with E-state index in [2.05, 4.69) is 0 Å². The fourth-order valence-corrected chi connectivity index (χ4v) is 0. The fourth-order valence-electron chi connectivity index (χ4n) is 0. The molecule has 0 aromatic carbocycles. The molecule has 16 heteroatoms. The van der Waals surface area contributed by atoms with Crippen LogP contribution in [0.1, 0.15) is 0 Å². The van der Waals surface area contributed by atoms with Gasteiger partial charge in [-0.1, -0.05) is 0 Å². The molecule has 0 saturated carbocycles. The Labute approximate surface area is 185 Å². The summed E-state index contributed by atoms with van der Waals surface area (Å²) in [7, 11) is -10.3. The molecule has 1 N–H and O–H groups in total. The van der Waals surface area contributed by atoms with Gasteiger partial charge < -0.3 is 43.4 Å². The molecule has 0 fully saturated rings. The van der Waals surface area contributed by atoms with Crippen molar-refractivity contribution in [3.63, 3.8) is 0 Å². The molecule has 0 aromatic heterocycles. The Morgan fingerprint density at radius 1 is 1.00 bits per heavy atom. The van der Waals surface area contributed by atoms with E-state index in [1.807, 2.05) is 0 Å². The molecule has 0 unspecified atom stereocenters. The third-order valence-electron chi connectivity index (χ3n) is 0. The molecule has 11 nitrogen and oxygen atoms in total. The Kier molecular flexibility index (Phi) is 41.2. The molecule has 0 radical (unpaired) electrons. The average molecular weight is 372 g/mol. The van der Waals surface area contributed by atoms with Gasteiger partial charge in [-0.3, -0.25) is 8.42 Å². The summed E-state index contributed by atoms with van der Waals surface area (Å²) in [4.78, 5) is 32.6. The number of carboxylic acid groups (broad SMARTS) is 2. The molecule has 0 bridgehead atoms. The first-order valence-corrected chi connectivity index (χ1v) is 4.86. The molecule has 0 heterocycles. The van der Waals surface area contributed by atoms with Gasteiger partial charge in [-0.05, 0) is 6.16 Å². The molecule has 0 aromatic rings. The average Bonchev–Trinajstić information content (AvgIpc) is 1.45. The van der Waals surface area contributed by atoms with Crippen LogP contribution < -0.4 is 20.0 Å². The van der Waals surface area contributed by atoms with Crippen LogP contribution in [-0.2, 0) is 15.0 Å². The Balaban J connectivity index is -0.0000000247. The smallest absolute Gasteiger partial charge is 0.790 e. The van der Waals surface area contributed by atoms with Crippen molar-refractivity contribution in [2.75, 3.05) is 0 Å². The number of hydrogen-bond acceptors (Lipinski definition) is 10. The summed E-state index contributed by atoms with van der Waals surface area (Å²) in [6, 6.07) is 0. The number of phosphoric acid groups is 1. The van der Waals surface area contributed by atoms with E-state index in [4.69, 9.17) is 51.8 Å². The van der Waals surface area contributed by atoms with Crippen LogP contribution in [0.3, 0.4) is 0 Å². The minimum Gasteiger partial charge on any atom is -0.790 e. The van der Waals surface area contributed by atoms with Gasteiger partial charge in [0.2, 0.25) is 0 Å². The molecule has 17 heavy (non-hydrogen) atoms. The number of carbonyl (C=O) groups is 1. The molecule has 0 saturated heterocycles. The normalized spacial score (nSPS) is 8.29. The Bertz CT molecular complexity index is 272. The van der Waals surface area contributed by atoms with Crippen molar-refractivity contribution in [2.45, 2.75) is 0 Å². The topological polar surface area (TPSA) is 227 Å². The largest absolute Gasteiger partial charge is 2.00 e. The summed E-state index contributed by atoms with van der Waals surface area (Å²) >= 11 is 0. The minimum absolute atomic E-state index is 0. The Hall–Kier alpha value is 3.03. The summed E-state index contributed by atoms with van der Waals surface area (Å²) < 4.78 is 42.7. The van der Waals surface area contributed by atoms with Crippen LogP contribution in [0.4, 0.5) is 4.79 Å². The van der Waals surface area contributed by atoms with Crippen molar-refractivity contribution in [2.24, 2.45) is 0 Å². The standard InChI is InChI=1S/CH2O3.3Ca.H3O4P.H2O4S/c2-1(3)4;;;;2*1-5(2,3)4/h(H2,2,3,4);;;;(H3,1,2,3,4);(H2,1,2,3,4)/q;3*+2;;/p-6. The summed E-state index contributed by atoms with van der Waals surface area (Å²) in [5.74, 6) is 0. The van der Waals surface area contributed by atoms with Crippen LogP contribution >= 0.6 is 7.82 Å². The Morgan fingerprint density at radius 3 is 1.00 bits per heavy atom. The van der Waals surface area contributed by atoms with Gasteiger partial charge in [-0.15, -0.1) is 0 Å². The Morgan fingerprint density at radius 2 is 1.00 bits per heavy atom. The van der Waals surface area contributed by atoms with Crippen LogP contribution in [0.5, 0.6) is 0 Å². The van der Waals surface area contributed by atoms with Crippen LogP contribution in [0.25, 0.3) is 0 Å². The van der Waals surface area contributed by atoms with Gasteiger partial charge in [0.15, 0.2) is 0 Å². The van der Waals surface area contributed by atoms with E-state index < -0.39 is 24.4 Å². The van der Waals surface area contributed by atoms with E-state index in [9.17, 15) is 0 Å². The van der Waals surface area contributed by atoms with E-state index in [0.29, 0.717) is 0 Å². The van der Waals surface area contributed by atoms with E-state index in [1.165, 1.54) is 0 Å². The van der Waals surface area contributed by atoms with Crippen molar-refractivity contribution >= 4 is 138 Å². The first-order valence-electron chi connectivity index (χ1n) is 2.03. The second-order valence-corrected chi connectivity index (χ2v) is 2.88. The quantitative estimate of drug-likeness (QED) is 0.182. The van der Waals surface area contributed by atoms with Gasteiger partial charge in [-0.2, -0.15) is 0 Å². The zero-order valence-corrected chi connectivity index (χ0v) is 16.3. The minimum atomic E-state index is -5.17. The van der Waals surface area contributed by atoms with Gasteiger partial charge in [0.1, 0.15) is 0 Å². The number of rotatable bonds is 0. The predicted molar refractivity (Wildman–Crippen MR) is 43.0 cm³/mol. The zero-order valence-electron chi connectivity index (χ0n) is 8.01. The van der Waals surface area contributed by atoms with Crippen LogP contribution in [-0.4, -0.2) is 142 Å². The molecule has 0 aliphatic rings. The van der Waals surface area contributed by atoms with Crippen molar-refractivity contribution in [1.82, 2.24) is 0 Å². The molecule has 0 aliphatic carbocycles. The van der Waals surface area contributed by atoms with Gasteiger partial charge in [0.25, 0.3) is 0 Å². The van der Waals surface area contributed by atoms with Gasteiger partial charge >= 0.3 is 113 Å². The molecule has 88 valence electrons. The monoisotopic (exact) mass is 372 g/mol. The van der Waals surface area contributed by atoms with Crippen LogP contribution in [0.15, 0.2) is 0 Å². The predicted octanol–water partition coefficient (Wildman–Crippen LogP) is -7.12. The molecule has 0 aliphatic heterocycles. The maximum atomic E-state index is 8.66. The first kappa shape index (κ1) is 36.9. The molecule has 0 atom stereocenters. The van der Waals surface area contributed by atoms with Crippen molar-refractivity contribution in [1.29, 1.82) is 0 Å². The molecule has 0 spiro atoms. The van der Waals surface area contributed by atoms with Gasteiger partial charge in [0.05, 0.1) is 7.82 Å². The van der Waals surface area contributed by atoms with Crippen molar-refractivity contribution in [3.05, 3.63) is 0 Å². The number of hydrogen-bond donors (Lipinski definition) is 1. The summed E-state index contributed by atoms with van der Waals surface area (Å²) in [6.07, 6.45) is -2.33.